The number of rotatable bonds is 2. The van der Waals surface area contributed by atoms with Gasteiger partial charge in [0, 0.05) is 23.9 Å². The molecule has 0 amide bonds. The summed E-state index contributed by atoms with van der Waals surface area (Å²) in [5.41, 5.74) is 2.38. The van der Waals surface area contributed by atoms with Crippen LogP contribution in [0.15, 0.2) is 17.6 Å². The van der Waals surface area contributed by atoms with Gasteiger partial charge in [0.25, 0.3) is 0 Å². The maximum absolute atomic E-state index is 5.30. The molecule has 2 N–H and O–H groups in total. The average Bonchev–Trinajstić information content (AvgIpc) is 2.78. The first-order valence-corrected chi connectivity index (χ1v) is 5.99. The minimum absolute atomic E-state index is 0.492. The Labute approximate surface area is 96.6 Å². The van der Waals surface area contributed by atoms with E-state index in [1.807, 2.05) is 6.33 Å². The molecule has 1 fully saturated rings. The first-order valence-electron chi connectivity index (χ1n) is 5.99. The fourth-order valence-corrected chi connectivity index (χ4v) is 2.22. The normalized spacial score (nSPS) is 21.4. The first kappa shape index (κ1) is 11.2. The molecule has 4 nitrogen and oxygen atoms in total. The Morgan fingerprint density at radius 3 is 2.62 bits per heavy atom. The zero-order valence-corrected chi connectivity index (χ0v) is 10.1. The Morgan fingerprint density at radius 2 is 2.12 bits per heavy atom. The van der Waals surface area contributed by atoms with E-state index >= 15 is 0 Å². The first-order chi connectivity index (χ1) is 7.70. The SMILES string of the molecule is CC(C)n1cnc(C2CCC(=NN)CC2)c1. The number of aromatic nitrogens is 2. The maximum Gasteiger partial charge on any atom is 0.0951 e. The van der Waals surface area contributed by atoms with E-state index in [1.165, 1.54) is 5.69 Å². The van der Waals surface area contributed by atoms with Crippen molar-refractivity contribution in [3.63, 3.8) is 0 Å². The fourth-order valence-electron chi connectivity index (χ4n) is 2.22. The Kier molecular flexibility index (Phi) is 3.27. The Bertz CT molecular complexity index is 368. The molecule has 0 atom stereocenters. The van der Waals surface area contributed by atoms with Crippen LogP contribution >= 0.6 is 0 Å². The smallest absolute Gasteiger partial charge is 0.0951 e. The van der Waals surface area contributed by atoms with Crippen molar-refractivity contribution in [2.24, 2.45) is 10.9 Å². The van der Waals surface area contributed by atoms with Gasteiger partial charge in [0.05, 0.1) is 12.0 Å². The molecule has 4 heteroatoms. The van der Waals surface area contributed by atoms with Crippen LogP contribution in [0, 0.1) is 0 Å². The molecule has 0 aliphatic heterocycles. The van der Waals surface area contributed by atoms with Crippen LogP contribution < -0.4 is 5.84 Å². The molecule has 88 valence electrons. The number of nitrogens with zero attached hydrogens (tertiary/aromatic N) is 3. The van der Waals surface area contributed by atoms with Crippen LogP contribution in [0.25, 0.3) is 0 Å². The van der Waals surface area contributed by atoms with E-state index in [4.69, 9.17) is 5.84 Å². The third kappa shape index (κ3) is 2.26. The quantitative estimate of drug-likeness (QED) is 0.614. The summed E-state index contributed by atoms with van der Waals surface area (Å²) >= 11 is 0. The zero-order valence-electron chi connectivity index (χ0n) is 10.1. The summed E-state index contributed by atoms with van der Waals surface area (Å²) in [7, 11) is 0. The van der Waals surface area contributed by atoms with Crippen molar-refractivity contribution in [2.75, 3.05) is 0 Å². The molecule has 1 saturated carbocycles. The van der Waals surface area contributed by atoms with E-state index in [2.05, 4.69) is 34.7 Å². The summed E-state index contributed by atoms with van der Waals surface area (Å²) < 4.78 is 2.17. The van der Waals surface area contributed by atoms with E-state index in [-0.39, 0.29) is 0 Å². The van der Waals surface area contributed by atoms with Crippen LogP contribution in [0.3, 0.4) is 0 Å². The molecule has 0 bridgehead atoms. The van der Waals surface area contributed by atoms with Crippen LogP contribution in [0.4, 0.5) is 0 Å². The summed E-state index contributed by atoms with van der Waals surface area (Å²) in [4.78, 5) is 4.50. The summed E-state index contributed by atoms with van der Waals surface area (Å²) in [5, 5.41) is 3.80. The molecule has 0 aromatic carbocycles. The highest BCUT2D eigenvalue weighted by molar-refractivity contribution is 5.84. The molecule has 2 rings (SSSR count). The second-order valence-corrected chi connectivity index (χ2v) is 4.81. The molecule has 1 heterocycles. The number of hydrazone groups is 1. The van der Waals surface area contributed by atoms with Crippen molar-refractivity contribution in [1.82, 2.24) is 9.55 Å². The highest BCUT2D eigenvalue weighted by Crippen LogP contribution is 2.30. The van der Waals surface area contributed by atoms with Crippen LogP contribution in [-0.2, 0) is 0 Å². The van der Waals surface area contributed by atoms with Crippen LogP contribution in [0.2, 0.25) is 0 Å². The lowest BCUT2D eigenvalue weighted by Gasteiger charge is -2.20. The van der Waals surface area contributed by atoms with Crippen molar-refractivity contribution in [2.45, 2.75) is 51.5 Å². The van der Waals surface area contributed by atoms with Crippen molar-refractivity contribution in [1.29, 1.82) is 0 Å². The van der Waals surface area contributed by atoms with Crippen molar-refractivity contribution in [3.05, 3.63) is 18.2 Å². The van der Waals surface area contributed by atoms with Crippen molar-refractivity contribution < 1.29 is 0 Å². The summed E-state index contributed by atoms with van der Waals surface area (Å²) in [5.74, 6) is 5.89. The van der Waals surface area contributed by atoms with Crippen molar-refractivity contribution >= 4 is 5.71 Å². The van der Waals surface area contributed by atoms with Gasteiger partial charge in [-0.1, -0.05) is 0 Å². The molecular weight excluding hydrogens is 200 g/mol. The molecule has 0 spiro atoms. The molecule has 0 unspecified atom stereocenters. The molecule has 16 heavy (non-hydrogen) atoms. The Balaban J connectivity index is 2.03. The van der Waals surface area contributed by atoms with Gasteiger partial charge in [-0.2, -0.15) is 5.10 Å². The van der Waals surface area contributed by atoms with E-state index in [9.17, 15) is 0 Å². The Hall–Kier alpha value is -1.32. The summed E-state index contributed by atoms with van der Waals surface area (Å²) in [6.45, 7) is 4.34. The minimum atomic E-state index is 0.492. The van der Waals surface area contributed by atoms with Crippen LogP contribution in [0.1, 0.15) is 57.2 Å². The number of hydrogen-bond acceptors (Lipinski definition) is 3. The third-order valence-corrected chi connectivity index (χ3v) is 3.38. The molecule has 0 saturated heterocycles. The second kappa shape index (κ2) is 4.68. The number of nitrogens with two attached hydrogens (primary N) is 1. The standard InChI is InChI=1S/C12H20N4/c1-9(2)16-7-12(14-8-16)10-3-5-11(15-13)6-4-10/h7-10H,3-6,13H2,1-2H3. The molecule has 1 aromatic heterocycles. The topological polar surface area (TPSA) is 56.2 Å². The Morgan fingerprint density at radius 1 is 1.44 bits per heavy atom. The lowest BCUT2D eigenvalue weighted by atomic mass is 9.86. The average molecular weight is 220 g/mol. The lowest BCUT2D eigenvalue weighted by Crippen LogP contribution is -2.14. The van der Waals surface area contributed by atoms with E-state index in [0.717, 1.165) is 31.4 Å². The van der Waals surface area contributed by atoms with E-state index in [1.54, 1.807) is 0 Å². The zero-order chi connectivity index (χ0) is 11.5. The largest absolute Gasteiger partial charge is 0.335 e. The minimum Gasteiger partial charge on any atom is -0.335 e. The number of hydrogen-bond donors (Lipinski definition) is 1. The monoisotopic (exact) mass is 220 g/mol. The van der Waals surface area contributed by atoms with Gasteiger partial charge in [-0.15, -0.1) is 0 Å². The number of imidazole rings is 1. The third-order valence-electron chi connectivity index (χ3n) is 3.38. The molecule has 0 radical (unpaired) electrons. The highest BCUT2D eigenvalue weighted by atomic mass is 15.1. The predicted molar refractivity (Wildman–Crippen MR) is 65.4 cm³/mol. The fraction of sp³-hybridized carbons (Fsp3) is 0.667. The summed E-state index contributed by atoms with van der Waals surface area (Å²) in [6, 6.07) is 0.492. The van der Waals surface area contributed by atoms with E-state index in [0.29, 0.717) is 12.0 Å². The van der Waals surface area contributed by atoms with Gasteiger partial charge in [0.2, 0.25) is 0 Å². The predicted octanol–water partition coefficient (Wildman–Crippen LogP) is 2.44. The van der Waals surface area contributed by atoms with Gasteiger partial charge >= 0.3 is 0 Å². The van der Waals surface area contributed by atoms with Gasteiger partial charge in [-0.3, -0.25) is 0 Å². The molecular formula is C12H20N4. The van der Waals surface area contributed by atoms with E-state index < -0.39 is 0 Å². The highest BCUT2D eigenvalue weighted by Gasteiger charge is 2.21. The summed E-state index contributed by atoms with van der Waals surface area (Å²) in [6.07, 6.45) is 8.42. The van der Waals surface area contributed by atoms with Crippen molar-refractivity contribution in [3.8, 4) is 0 Å². The van der Waals surface area contributed by atoms with Gasteiger partial charge in [0.1, 0.15) is 0 Å². The second-order valence-electron chi connectivity index (χ2n) is 4.81. The van der Waals surface area contributed by atoms with Gasteiger partial charge < -0.3 is 10.4 Å². The molecule has 1 aliphatic rings. The lowest BCUT2D eigenvalue weighted by molar-refractivity contribution is 0.550. The van der Waals surface area contributed by atoms with Gasteiger partial charge in [0.15, 0.2) is 0 Å². The van der Waals surface area contributed by atoms with Gasteiger partial charge in [-0.05, 0) is 39.5 Å². The maximum atomic E-state index is 5.30. The molecule has 1 aromatic rings. The van der Waals surface area contributed by atoms with Crippen LogP contribution in [0.5, 0.6) is 0 Å². The van der Waals surface area contributed by atoms with Crippen LogP contribution in [-0.4, -0.2) is 15.3 Å². The molecule has 1 aliphatic carbocycles. The van der Waals surface area contributed by atoms with Gasteiger partial charge in [-0.25, -0.2) is 4.98 Å².